The van der Waals surface area contributed by atoms with Gasteiger partial charge in [-0.25, -0.2) is 9.97 Å². The van der Waals surface area contributed by atoms with Crippen molar-refractivity contribution >= 4 is 23.3 Å². The second kappa shape index (κ2) is 8.18. The quantitative estimate of drug-likeness (QED) is 0.800. The summed E-state index contributed by atoms with van der Waals surface area (Å²) < 4.78 is 42.6. The number of carbonyl (C=O) groups is 2. The first-order valence-corrected chi connectivity index (χ1v) is 7.37. The molecule has 140 valence electrons. The fourth-order valence-electron chi connectivity index (χ4n) is 1.90. The summed E-state index contributed by atoms with van der Waals surface area (Å²) in [4.78, 5) is 30.1. The second-order valence-corrected chi connectivity index (χ2v) is 5.05. The van der Waals surface area contributed by atoms with Crippen molar-refractivity contribution in [3.05, 3.63) is 41.9 Å². The Hall–Kier alpha value is -3.61. The monoisotopic (exact) mass is 378 g/mol. The summed E-state index contributed by atoms with van der Waals surface area (Å²) in [5.74, 6) is 3.01. The van der Waals surface area contributed by atoms with E-state index < -0.39 is 12.1 Å². The number of rotatable bonds is 3. The summed E-state index contributed by atoms with van der Waals surface area (Å²) in [6.45, 7) is 1.32. The van der Waals surface area contributed by atoms with Crippen molar-refractivity contribution in [3.63, 3.8) is 0 Å². The standard InChI is InChI=1S/C17H13F3N4O3/c1-10(25)23-14-9-11(5-7-22-14)3-4-12-15(13(27-2)6-8-21-12)24-16(26)17(18,19)20/h5-9H,1-2H3,(H,24,26)(H,22,23,25). The molecule has 0 spiro atoms. The van der Waals surface area contributed by atoms with Crippen LogP contribution in [-0.4, -0.2) is 35.1 Å². The minimum absolute atomic E-state index is 0.0273. The van der Waals surface area contributed by atoms with Crippen LogP contribution in [0.2, 0.25) is 0 Å². The molecular formula is C17H13F3N4O3. The van der Waals surface area contributed by atoms with E-state index in [0.717, 1.165) is 0 Å². The lowest BCUT2D eigenvalue weighted by molar-refractivity contribution is -0.167. The molecule has 2 rings (SSSR count). The summed E-state index contributed by atoms with van der Waals surface area (Å²) in [6, 6.07) is 4.30. The fraction of sp³-hybridized carbons (Fsp3) is 0.176. The molecular weight excluding hydrogens is 365 g/mol. The molecule has 2 amide bonds. The molecule has 0 aromatic carbocycles. The Morgan fingerprint density at radius 2 is 1.81 bits per heavy atom. The average molecular weight is 378 g/mol. The molecule has 0 bridgehead atoms. The van der Waals surface area contributed by atoms with Crippen molar-refractivity contribution in [1.29, 1.82) is 0 Å². The van der Waals surface area contributed by atoms with Crippen LogP contribution in [0.4, 0.5) is 24.7 Å². The van der Waals surface area contributed by atoms with Crippen molar-refractivity contribution in [3.8, 4) is 17.6 Å². The van der Waals surface area contributed by atoms with Gasteiger partial charge in [0.1, 0.15) is 22.9 Å². The maximum Gasteiger partial charge on any atom is 0.471 e. The van der Waals surface area contributed by atoms with Crippen LogP contribution in [0.3, 0.4) is 0 Å². The van der Waals surface area contributed by atoms with Gasteiger partial charge >= 0.3 is 12.1 Å². The number of pyridine rings is 2. The average Bonchev–Trinajstić information content (AvgIpc) is 2.59. The molecule has 2 aromatic heterocycles. The summed E-state index contributed by atoms with van der Waals surface area (Å²) >= 11 is 0. The molecule has 0 radical (unpaired) electrons. The van der Waals surface area contributed by atoms with Gasteiger partial charge < -0.3 is 15.4 Å². The first-order chi connectivity index (χ1) is 12.7. The largest absolute Gasteiger partial charge is 0.494 e. The van der Waals surface area contributed by atoms with Crippen LogP contribution in [0, 0.1) is 11.8 Å². The van der Waals surface area contributed by atoms with E-state index in [2.05, 4.69) is 27.1 Å². The normalized spacial score (nSPS) is 10.4. The Balaban J connectivity index is 2.39. The Morgan fingerprint density at radius 3 is 2.44 bits per heavy atom. The number of carbonyl (C=O) groups excluding carboxylic acids is 2. The number of amides is 2. The van der Waals surface area contributed by atoms with Gasteiger partial charge in [-0.05, 0) is 18.1 Å². The third kappa shape index (κ3) is 5.43. The van der Waals surface area contributed by atoms with E-state index in [0.29, 0.717) is 5.56 Å². The highest BCUT2D eigenvalue weighted by Gasteiger charge is 2.39. The molecule has 2 heterocycles. The van der Waals surface area contributed by atoms with Crippen LogP contribution in [-0.2, 0) is 9.59 Å². The molecule has 0 saturated carbocycles. The third-order valence-electron chi connectivity index (χ3n) is 3.02. The van der Waals surface area contributed by atoms with Gasteiger partial charge in [-0.3, -0.25) is 9.59 Å². The molecule has 0 unspecified atom stereocenters. The molecule has 0 aliphatic heterocycles. The van der Waals surface area contributed by atoms with Crippen molar-refractivity contribution in [1.82, 2.24) is 9.97 Å². The topological polar surface area (TPSA) is 93.2 Å². The zero-order valence-corrected chi connectivity index (χ0v) is 14.1. The molecule has 0 saturated heterocycles. The van der Waals surface area contributed by atoms with E-state index >= 15 is 0 Å². The zero-order chi connectivity index (χ0) is 20.0. The molecule has 0 atom stereocenters. The molecule has 7 nitrogen and oxygen atoms in total. The molecule has 27 heavy (non-hydrogen) atoms. The number of ether oxygens (including phenoxy) is 1. The van der Waals surface area contributed by atoms with Crippen molar-refractivity contribution in [2.45, 2.75) is 13.1 Å². The lowest BCUT2D eigenvalue weighted by atomic mass is 10.2. The maximum atomic E-state index is 12.6. The van der Waals surface area contributed by atoms with Crippen LogP contribution >= 0.6 is 0 Å². The lowest BCUT2D eigenvalue weighted by Crippen LogP contribution is -2.30. The van der Waals surface area contributed by atoms with Gasteiger partial charge in [-0.2, -0.15) is 13.2 Å². The van der Waals surface area contributed by atoms with E-state index in [1.165, 1.54) is 44.6 Å². The zero-order valence-electron chi connectivity index (χ0n) is 14.1. The smallest absolute Gasteiger partial charge is 0.471 e. The van der Waals surface area contributed by atoms with Crippen molar-refractivity contribution in [2.24, 2.45) is 0 Å². The van der Waals surface area contributed by atoms with Crippen molar-refractivity contribution < 1.29 is 27.5 Å². The SMILES string of the molecule is COc1ccnc(C#Cc2ccnc(NC(C)=O)c2)c1NC(=O)C(F)(F)F. The number of nitrogens with zero attached hydrogens (tertiary/aromatic N) is 2. The highest BCUT2D eigenvalue weighted by Crippen LogP contribution is 2.28. The minimum Gasteiger partial charge on any atom is -0.494 e. The molecule has 2 aromatic rings. The molecule has 0 aliphatic rings. The van der Waals surface area contributed by atoms with Gasteiger partial charge in [0, 0.05) is 30.9 Å². The Bertz CT molecular complexity index is 933. The molecule has 0 aliphatic carbocycles. The number of aromatic nitrogens is 2. The summed E-state index contributed by atoms with van der Waals surface area (Å²) in [5, 5.41) is 4.20. The van der Waals surface area contributed by atoms with Crippen LogP contribution < -0.4 is 15.4 Å². The van der Waals surface area contributed by atoms with Crippen LogP contribution in [0.5, 0.6) is 5.75 Å². The van der Waals surface area contributed by atoms with Gasteiger partial charge in [0.05, 0.1) is 7.11 Å². The first-order valence-electron chi connectivity index (χ1n) is 7.37. The second-order valence-electron chi connectivity index (χ2n) is 5.05. The number of anilines is 2. The van der Waals surface area contributed by atoms with E-state index in [-0.39, 0.29) is 28.9 Å². The van der Waals surface area contributed by atoms with Gasteiger partial charge in [-0.15, -0.1) is 0 Å². The fourth-order valence-corrected chi connectivity index (χ4v) is 1.90. The summed E-state index contributed by atoms with van der Waals surface area (Å²) in [6.07, 6.45) is -2.40. The summed E-state index contributed by atoms with van der Waals surface area (Å²) in [5.41, 5.74) is 0.00210. The number of halogens is 3. The van der Waals surface area contributed by atoms with Crippen LogP contribution in [0.1, 0.15) is 18.2 Å². The van der Waals surface area contributed by atoms with E-state index in [1.54, 1.807) is 5.32 Å². The highest BCUT2D eigenvalue weighted by molar-refractivity contribution is 5.97. The number of hydrogen-bond donors (Lipinski definition) is 2. The lowest BCUT2D eigenvalue weighted by Gasteiger charge is -2.12. The molecule has 0 fully saturated rings. The third-order valence-corrected chi connectivity index (χ3v) is 3.02. The van der Waals surface area contributed by atoms with Crippen LogP contribution in [0.25, 0.3) is 0 Å². The number of hydrogen-bond acceptors (Lipinski definition) is 5. The Kier molecular flexibility index (Phi) is 5.97. The first kappa shape index (κ1) is 19.7. The predicted molar refractivity (Wildman–Crippen MR) is 90.0 cm³/mol. The molecule has 2 N–H and O–H groups in total. The Morgan fingerprint density at radius 1 is 1.11 bits per heavy atom. The predicted octanol–water partition coefficient (Wildman–Crippen LogP) is 2.34. The van der Waals surface area contributed by atoms with Gasteiger partial charge in [0.15, 0.2) is 0 Å². The molecule has 10 heteroatoms. The highest BCUT2D eigenvalue weighted by atomic mass is 19.4. The van der Waals surface area contributed by atoms with Crippen LogP contribution in [0.15, 0.2) is 30.6 Å². The van der Waals surface area contributed by atoms with Gasteiger partial charge in [0.2, 0.25) is 5.91 Å². The summed E-state index contributed by atoms with van der Waals surface area (Å²) in [7, 11) is 1.23. The van der Waals surface area contributed by atoms with Gasteiger partial charge in [0.25, 0.3) is 0 Å². The number of nitrogens with one attached hydrogen (secondary N) is 2. The number of alkyl halides is 3. The number of methoxy groups -OCH3 is 1. The van der Waals surface area contributed by atoms with Gasteiger partial charge in [-0.1, -0.05) is 5.92 Å². The van der Waals surface area contributed by atoms with E-state index in [9.17, 15) is 22.8 Å². The van der Waals surface area contributed by atoms with Crippen molar-refractivity contribution in [2.75, 3.05) is 17.7 Å². The maximum absolute atomic E-state index is 12.6. The minimum atomic E-state index is -5.08. The van der Waals surface area contributed by atoms with E-state index in [1.807, 2.05) is 0 Å². The Labute approximate surface area is 152 Å². The van der Waals surface area contributed by atoms with E-state index in [4.69, 9.17) is 4.74 Å².